The standard InChI is InChI=1S/C19H29N5/c1-5-17-7-9-18(10-8-17)15-23(4)19(20-3)21-11-6-12-24-14-16(2)13-22-24/h7-10,13-14H,5-6,11-12,15H2,1-4H3,(H,20,21). The summed E-state index contributed by atoms with van der Waals surface area (Å²) in [6.07, 6.45) is 6.05. The lowest BCUT2D eigenvalue weighted by molar-refractivity contribution is 0.471. The van der Waals surface area contributed by atoms with E-state index < -0.39 is 0 Å². The number of aliphatic imine (C=N–C) groups is 1. The van der Waals surface area contributed by atoms with Crippen LogP contribution in [0, 0.1) is 6.92 Å². The van der Waals surface area contributed by atoms with Crippen LogP contribution in [-0.2, 0) is 19.5 Å². The van der Waals surface area contributed by atoms with E-state index in [0.717, 1.165) is 38.4 Å². The molecule has 1 N–H and O–H groups in total. The normalized spacial score (nSPS) is 11.6. The highest BCUT2D eigenvalue weighted by Gasteiger charge is 2.06. The van der Waals surface area contributed by atoms with E-state index >= 15 is 0 Å². The van der Waals surface area contributed by atoms with Crippen molar-refractivity contribution in [1.82, 2.24) is 20.0 Å². The van der Waals surface area contributed by atoms with E-state index in [1.54, 1.807) is 0 Å². The average molecular weight is 327 g/mol. The molecule has 1 aromatic carbocycles. The number of aromatic nitrogens is 2. The summed E-state index contributed by atoms with van der Waals surface area (Å²) in [5, 5.41) is 7.73. The fraction of sp³-hybridized carbons (Fsp3) is 0.474. The van der Waals surface area contributed by atoms with Crippen LogP contribution in [0.15, 0.2) is 41.7 Å². The quantitative estimate of drug-likeness (QED) is 0.483. The molecule has 1 aromatic heterocycles. The predicted octanol–water partition coefficient (Wildman–Crippen LogP) is 2.85. The monoisotopic (exact) mass is 327 g/mol. The van der Waals surface area contributed by atoms with Gasteiger partial charge in [0, 0.05) is 39.9 Å². The largest absolute Gasteiger partial charge is 0.356 e. The van der Waals surface area contributed by atoms with Gasteiger partial charge in [0.25, 0.3) is 0 Å². The summed E-state index contributed by atoms with van der Waals surface area (Å²) < 4.78 is 1.98. The lowest BCUT2D eigenvalue weighted by atomic mass is 10.1. The van der Waals surface area contributed by atoms with Gasteiger partial charge < -0.3 is 10.2 Å². The zero-order valence-corrected chi connectivity index (χ0v) is 15.3. The van der Waals surface area contributed by atoms with Crippen molar-refractivity contribution in [1.29, 1.82) is 0 Å². The van der Waals surface area contributed by atoms with Gasteiger partial charge in [-0.05, 0) is 36.5 Å². The number of guanidine groups is 1. The van der Waals surface area contributed by atoms with Gasteiger partial charge in [-0.1, -0.05) is 31.2 Å². The maximum Gasteiger partial charge on any atom is 0.193 e. The second-order valence-corrected chi connectivity index (χ2v) is 6.13. The summed E-state index contributed by atoms with van der Waals surface area (Å²) >= 11 is 0. The molecule has 0 saturated carbocycles. The Hall–Kier alpha value is -2.30. The van der Waals surface area contributed by atoms with E-state index in [1.807, 2.05) is 17.9 Å². The highest BCUT2D eigenvalue weighted by molar-refractivity contribution is 5.79. The molecule has 1 heterocycles. The Morgan fingerprint density at radius 1 is 1.25 bits per heavy atom. The molecule has 0 aliphatic rings. The first-order valence-corrected chi connectivity index (χ1v) is 8.61. The fourth-order valence-corrected chi connectivity index (χ4v) is 2.64. The zero-order valence-electron chi connectivity index (χ0n) is 15.3. The van der Waals surface area contributed by atoms with E-state index in [4.69, 9.17) is 0 Å². The Bertz CT molecular complexity index is 642. The molecule has 2 rings (SSSR count). The van der Waals surface area contributed by atoms with Crippen molar-refractivity contribution in [2.75, 3.05) is 20.6 Å². The molecule has 5 heteroatoms. The van der Waals surface area contributed by atoms with Gasteiger partial charge in [-0.15, -0.1) is 0 Å². The van der Waals surface area contributed by atoms with Gasteiger partial charge in [0.15, 0.2) is 5.96 Å². The van der Waals surface area contributed by atoms with Crippen molar-refractivity contribution < 1.29 is 0 Å². The number of nitrogens with one attached hydrogen (secondary N) is 1. The van der Waals surface area contributed by atoms with Crippen LogP contribution in [0.1, 0.15) is 30.0 Å². The van der Waals surface area contributed by atoms with Gasteiger partial charge in [0.1, 0.15) is 0 Å². The summed E-state index contributed by atoms with van der Waals surface area (Å²) in [6, 6.07) is 8.79. The molecule has 0 aliphatic heterocycles. The molecule has 0 radical (unpaired) electrons. The van der Waals surface area contributed by atoms with Gasteiger partial charge in [0.2, 0.25) is 0 Å². The topological polar surface area (TPSA) is 45.5 Å². The van der Waals surface area contributed by atoms with E-state index in [0.29, 0.717) is 0 Å². The molecule has 24 heavy (non-hydrogen) atoms. The first kappa shape index (κ1) is 18.0. The summed E-state index contributed by atoms with van der Waals surface area (Å²) in [6.45, 7) is 6.88. The van der Waals surface area contributed by atoms with Crippen LogP contribution in [0.3, 0.4) is 0 Å². The number of rotatable bonds is 7. The average Bonchev–Trinajstić information content (AvgIpc) is 3.01. The van der Waals surface area contributed by atoms with Crippen LogP contribution in [-0.4, -0.2) is 41.3 Å². The van der Waals surface area contributed by atoms with Crippen molar-refractivity contribution in [2.24, 2.45) is 4.99 Å². The number of hydrogen-bond acceptors (Lipinski definition) is 2. The number of nitrogens with zero attached hydrogens (tertiary/aromatic N) is 4. The van der Waals surface area contributed by atoms with E-state index in [1.165, 1.54) is 16.7 Å². The van der Waals surface area contributed by atoms with E-state index in [9.17, 15) is 0 Å². The maximum absolute atomic E-state index is 4.38. The van der Waals surface area contributed by atoms with E-state index in [-0.39, 0.29) is 0 Å². The van der Waals surface area contributed by atoms with Gasteiger partial charge in [-0.2, -0.15) is 5.10 Å². The SMILES string of the molecule is CCc1ccc(CN(C)C(=NC)NCCCn2cc(C)cn2)cc1. The number of hydrogen-bond donors (Lipinski definition) is 1. The van der Waals surface area contributed by atoms with Gasteiger partial charge in [0.05, 0.1) is 6.20 Å². The molecule has 0 saturated heterocycles. The third kappa shape index (κ3) is 5.41. The Labute approximate surface area is 145 Å². The molecule has 5 nitrogen and oxygen atoms in total. The van der Waals surface area contributed by atoms with Crippen LogP contribution in [0.4, 0.5) is 0 Å². The molecule has 0 bridgehead atoms. The molecular formula is C19H29N5. The molecule has 0 atom stereocenters. The summed E-state index contributed by atoms with van der Waals surface area (Å²) in [7, 11) is 3.90. The van der Waals surface area contributed by atoms with Crippen molar-refractivity contribution in [3.8, 4) is 0 Å². The molecule has 130 valence electrons. The third-order valence-corrected chi connectivity index (χ3v) is 4.03. The summed E-state index contributed by atoms with van der Waals surface area (Å²) in [5.41, 5.74) is 3.87. The number of benzene rings is 1. The van der Waals surface area contributed by atoms with E-state index in [2.05, 4.69) is 71.7 Å². The highest BCUT2D eigenvalue weighted by atomic mass is 15.3. The zero-order chi connectivity index (χ0) is 17.4. The Kier molecular flexibility index (Phi) is 6.85. The molecular weight excluding hydrogens is 298 g/mol. The van der Waals surface area contributed by atoms with Crippen molar-refractivity contribution >= 4 is 5.96 Å². The minimum absolute atomic E-state index is 0.849. The molecule has 0 amide bonds. The third-order valence-electron chi connectivity index (χ3n) is 4.03. The number of aryl methyl sites for hydroxylation is 3. The minimum atomic E-state index is 0.849. The van der Waals surface area contributed by atoms with Crippen LogP contribution >= 0.6 is 0 Å². The lowest BCUT2D eigenvalue weighted by Crippen LogP contribution is -2.39. The Morgan fingerprint density at radius 3 is 2.54 bits per heavy atom. The molecule has 0 fully saturated rings. The van der Waals surface area contributed by atoms with Gasteiger partial charge in [-0.3, -0.25) is 9.67 Å². The van der Waals surface area contributed by atoms with Crippen LogP contribution in [0.2, 0.25) is 0 Å². The van der Waals surface area contributed by atoms with Crippen LogP contribution in [0.25, 0.3) is 0 Å². The molecule has 2 aromatic rings. The Balaban J connectivity index is 1.77. The minimum Gasteiger partial charge on any atom is -0.356 e. The summed E-state index contributed by atoms with van der Waals surface area (Å²) in [4.78, 5) is 6.53. The van der Waals surface area contributed by atoms with Gasteiger partial charge >= 0.3 is 0 Å². The van der Waals surface area contributed by atoms with Gasteiger partial charge in [-0.25, -0.2) is 0 Å². The van der Waals surface area contributed by atoms with Crippen molar-refractivity contribution in [3.05, 3.63) is 53.3 Å². The molecule has 0 spiro atoms. The second kappa shape index (κ2) is 9.11. The fourth-order valence-electron chi connectivity index (χ4n) is 2.64. The van der Waals surface area contributed by atoms with Crippen LogP contribution < -0.4 is 5.32 Å². The maximum atomic E-state index is 4.38. The highest BCUT2D eigenvalue weighted by Crippen LogP contribution is 2.07. The molecule has 0 unspecified atom stereocenters. The van der Waals surface area contributed by atoms with Crippen LogP contribution in [0.5, 0.6) is 0 Å². The van der Waals surface area contributed by atoms with Crippen molar-refractivity contribution in [3.63, 3.8) is 0 Å². The smallest absolute Gasteiger partial charge is 0.193 e. The molecule has 0 aliphatic carbocycles. The summed E-state index contributed by atoms with van der Waals surface area (Å²) in [5.74, 6) is 0.922. The first-order chi connectivity index (χ1) is 11.6. The van der Waals surface area contributed by atoms with Crippen molar-refractivity contribution in [2.45, 2.75) is 39.8 Å². The predicted molar refractivity (Wildman–Crippen MR) is 100 cm³/mol. The first-order valence-electron chi connectivity index (χ1n) is 8.61. The second-order valence-electron chi connectivity index (χ2n) is 6.13. The Morgan fingerprint density at radius 2 is 1.96 bits per heavy atom. The lowest BCUT2D eigenvalue weighted by Gasteiger charge is -2.22.